The lowest BCUT2D eigenvalue weighted by atomic mass is 10.0. The van der Waals surface area contributed by atoms with E-state index in [1.807, 2.05) is 32.0 Å². The molecule has 1 N–H and O–H groups in total. The largest absolute Gasteiger partial charge is 0.338 e. The van der Waals surface area contributed by atoms with Gasteiger partial charge in [0.05, 0.1) is 31.4 Å². The van der Waals surface area contributed by atoms with Gasteiger partial charge in [-0.05, 0) is 55.8 Å². The molecule has 212 valence electrons. The van der Waals surface area contributed by atoms with E-state index in [0.29, 0.717) is 51.6 Å². The van der Waals surface area contributed by atoms with Gasteiger partial charge in [0.1, 0.15) is 5.82 Å². The van der Waals surface area contributed by atoms with Crippen LogP contribution in [0.3, 0.4) is 0 Å². The van der Waals surface area contributed by atoms with E-state index in [9.17, 15) is 18.8 Å². The summed E-state index contributed by atoms with van der Waals surface area (Å²) in [5.41, 5.74) is 0.993. The first-order chi connectivity index (χ1) is 19.5. The molecule has 0 radical (unpaired) electrons. The Hall–Kier alpha value is -3.40. The first kappa shape index (κ1) is 29.1. The van der Waals surface area contributed by atoms with Crippen molar-refractivity contribution in [2.75, 3.05) is 26.2 Å². The van der Waals surface area contributed by atoms with Gasteiger partial charge >= 0.3 is 0 Å². The first-order valence-corrected chi connectivity index (χ1v) is 14.6. The second-order valence-corrected chi connectivity index (χ2v) is 12.8. The highest BCUT2D eigenvalue weighted by Crippen LogP contribution is 2.37. The molecule has 41 heavy (non-hydrogen) atoms. The van der Waals surface area contributed by atoms with Crippen LogP contribution >= 0.6 is 35.0 Å². The number of hydrogen-bond donors (Lipinski definition) is 1. The summed E-state index contributed by atoms with van der Waals surface area (Å²) >= 11 is 13.5. The number of hydrogen-bond acceptors (Lipinski definition) is 5. The highest BCUT2D eigenvalue weighted by molar-refractivity contribution is 8.01. The molecule has 0 spiro atoms. The van der Waals surface area contributed by atoms with Crippen LogP contribution in [0.25, 0.3) is 10.8 Å². The molecule has 7 nitrogen and oxygen atoms in total. The van der Waals surface area contributed by atoms with Crippen molar-refractivity contribution in [2.45, 2.75) is 29.9 Å². The van der Waals surface area contributed by atoms with Crippen molar-refractivity contribution in [1.82, 2.24) is 20.0 Å². The fourth-order valence-electron chi connectivity index (χ4n) is 4.89. The molecule has 0 saturated carbocycles. The molecule has 1 aromatic heterocycles. The Morgan fingerprint density at radius 3 is 2.34 bits per heavy atom. The van der Waals surface area contributed by atoms with Crippen LogP contribution in [-0.4, -0.2) is 62.7 Å². The van der Waals surface area contributed by atoms with E-state index in [4.69, 9.17) is 23.2 Å². The summed E-state index contributed by atoms with van der Waals surface area (Å²) < 4.78 is 14.1. The molecule has 0 bridgehead atoms. The van der Waals surface area contributed by atoms with Crippen LogP contribution in [0.1, 0.15) is 35.5 Å². The lowest BCUT2D eigenvalue weighted by molar-refractivity contribution is -0.134. The summed E-state index contributed by atoms with van der Waals surface area (Å²) in [7, 11) is 0. The van der Waals surface area contributed by atoms with E-state index in [1.165, 1.54) is 23.9 Å². The zero-order chi connectivity index (χ0) is 29.3. The van der Waals surface area contributed by atoms with Crippen LogP contribution < -0.4 is 5.56 Å². The van der Waals surface area contributed by atoms with E-state index in [2.05, 4.69) is 10.2 Å². The van der Waals surface area contributed by atoms with Crippen LogP contribution in [0.4, 0.5) is 4.39 Å². The van der Waals surface area contributed by atoms with Crippen molar-refractivity contribution in [3.05, 3.63) is 104 Å². The molecule has 2 amide bonds. The van der Waals surface area contributed by atoms with Crippen molar-refractivity contribution < 1.29 is 14.0 Å². The predicted molar refractivity (Wildman–Crippen MR) is 160 cm³/mol. The fraction of sp³-hybridized carbons (Fsp3) is 0.267. The van der Waals surface area contributed by atoms with Gasteiger partial charge in [-0.1, -0.05) is 47.5 Å². The quantitative estimate of drug-likeness (QED) is 0.277. The van der Waals surface area contributed by atoms with Gasteiger partial charge in [0.2, 0.25) is 5.91 Å². The molecule has 1 aliphatic heterocycles. The number of nitrogens with one attached hydrogen (secondary N) is 1. The third kappa shape index (κ3) is 6.27. The van der Waals surface area contributed by atoms with Crippen LogP contribution in [0.15, 0.2) is 70.4 Å². The van der Waals surface area contributed by atoms with Gasteiger partial charge < -0.3 is 9.80 Å². The maximum atomic E-state index is 14.8. The smallest absolute Gasteiger partial charge is 0.272 e. The van der Waals surface area contributed by atoms with Gasteiger partial charge in [-0.15, -0.1) is 11.8 Å². The minimum absolute atomic E-state index is 0.0356. The highest BCUT2D eigenvalue weighted by Gasteiger charge is 2.36. The van der Waals surface area contributed by atoms with Crippen LogP contribution in [0, 0.1) is 5.82 Å². The first-order valence-electron chi connectivity index (χ1n) is 13.0. The molecule has 5 rings (SSSR count). The number of piperazine rings is 1. The molecular formula is C30H27Cl2FN4O3S. The van der Waals surface area contributed by atoms with Gasteiger partial charge in [-0.2, -0.15) is 5.10 Å². The maximum Gasteiger partial charge on any atom is 0.272 e. The third-order valence-electron chi connectivity index (χ3n) is 7.04. The monoisotopic (exact) mass is 612 g/mol. The number of benzene rings is 3. The van der Waals surface area contributed by atoms with Gasteiger partial charge in [0.15, 0.2) is 0 Å². The molecule has 0 aliphatic carbocycles. The van der Waals surface area contributed by atoms with Gasteiger partial charge in [0, 0.05) is 42.9 Å². The van der Waals surface area contributed by atoms with Crippen molar-refractivity contribution in [3.63, 3.8) is 0 Å². The average Bonchev–Trinajstić information content (AvgIpc) is 2.97. The second-order valence-electron chi connectivity index (χ2n) is 10.3. The second kappa shape index (κ2) is 11.8. The molecule has 3 aromatic carbocycles. The number of H-pyrrole nitrogens is 1. The Balaban J connectivity index is 1.26. The number of fused-ring (bicyclic) bond motifs is 1. The molecule has 1 aliphatic rings. The van der Waals surface area contributed by atoms with Crippen LogP contribution in [0.5, 0.6) is 0 Å². The Labute approximate surface area is 250 Å². The number of halogens is 3. The molecule has 0 unspecified atom stereocenters. The summed E-state index contributed by atoms with van der Waals surface area (Å²) in [6.07, 6.45) is 0.311. The van der Waals surface area contributed by atoms with E-state index in [1.54, 1.807) is 40.1 Å². The molecule has 2 heterocycles. The number of aromatic amines is 1. The maximum absolute atomic E-state index is 14.8. The van der Waals surface area contributed by atoms with Gasteiger partial charge in [-0.3, -0.25) is 14.4 Å². The van der Waals surface area contributed by atoms with Gasteiger partial charge in [-0.25, -0.2) is 9.49 Å². The average molecular weight is 614 g/mol. The normalized spacial score (nSPS) is 14.0. The zero-order valence-electron chi connectivity index (χ0n) is 22.4. The fourth-order valence-corrected chi connectivity index (χ4v) is 6.37. The van der Waals surface area contributed by atoms with Crippen LogP contribution in [-0.2, 0) is 11.2 Å². The zero-order valence-corrected chi connectivity index (χ0v) is 24.7. The molecular weight excluding hydrogens is 586 g/mol. The number of carbonyl (C=O) groups is 2. The number of amides is 2. The van der Waals surface area contributed by atoms with Crippen molar-refractivity contribution >= 4 is 57.6 Å². The molecule has 1 fully saturated rings. The Kier molecular flexibility index (Phi) is 8.40. The standard InChI is InChI=1S/C30H27Cl2FN4O3S/c1-30(2,41-19-8-9-23(31)24(32)17-19)29(40)37-13-11-36(12-14-37)28(39)22-15-18(7-10-25(22)33)16-26-20-5-3-4-6-21(20)27(38)35-34-26/h3-10,15,17H,11-14,16H2,1-2H3,(H,35,38). The minimum Gasteiger partial charge on any atom is -0.338 e. The molecule has 11 heteroatoms. The minimum atomic E-state index is -0.774. The van der Waals surface area contributed by atoms with Gasteiger partial charge in [0.25, 0.3) is 11.5 Å². The SMILES string of the molecule is CC(C)(Sc1ccc(Cl)c(Cl)c1)C(=O)N1CCN(C(=O)c2cc(Cc3n[nH]c(=O)c4ccccc34)ccc2F)CC1. The molecule has 4 aromatic rings. The van der Waals surface area contributed by atoms with E-state index in [0.717, 1.165) is 4.90 Å². The Morgan fingerprint density at radius 2 is 1.63 bits per heavy atom. The lowest BCUT2D eigenvalue weighted by Gasteiger charge is -2.38. The summed E-state index contributed by atoms with van der Waals surface area (Å²) in [4.78, 5) is 43.0. The highest BCUT2D eigenvalue weighted by atomic mass is 35.5. The number of nitrogens with zero attached hydrogens (tertiary/aromatic N) is 3. The Bertz CT molecular complexity index is 1700. The topological polar surface area (TPSA) is 86.4 Å². The summed E-state index contributed by atoms with van der Waals surface area (Å²) in [6.45, 7) is 4.94. The molecule has 1 saturated heterocycles. The molecule has 0 atom stereocenters. The number of thioether (sulfide) groups is 1. The van der Waals surface area contributed by atoms with Crippen molar-refractivity contribution in [1.29, 1.82) is 0 Å². The third-order valence-corrected chi connectivity index (χ3v) is 8.95. The summed E-state index contributed by atoms with van der Waals surface area (Å²) in [5.74, 6) is -1.11. The summed E-state index contributed by atoms with van der Waals surface area (Å²) in [6, 6.07) is 16.8. The predicted octanol–water partition coefficient (Wildman–Crippen LogP) is 5.82. The lowest BCUT2D eigenvalue weighted by Crippen LogP contribution is -2.54. The number of rotatable bonds is 6. The number of aromatic nitrogens is 2. The number of carbonyl (C=O) groups excluding carboxylic acids is 2. The van der Waals surface area contributed by atoms with E-state index < -0.39 is 16.5 Å². The van der Waals surface area contributed by atoms with E-state index in [-0.39, 0.29) is 30.1 Å². The van der Waals surface area contributed by atoms with Crippen LogP contribution in [0.2, 0.25) is 10.0 Å². The summed E-state index contributed by atoms with van der Waals surface area (Å²) in [5, 5.41) is 8.79. The van der Waals surface area contributed by atoms with Crippen molar-refractivity contribution in [3.8, 4) is 0 Å². The Morgan fingerprint density at radius 1 is 0.951 bits per heavy atom. The van der Waals surface area contributed by atoms with E-state index >= 15 is 0 Å². The van der Waals surface area contributed by atoms with Crippen molar-refractivity contribution in [2.24, 2.45) is 0 Å².